The third kappa shape index (κ3) is 6.07. The van der Waals surface area contributed by atoms with Crippen LogP contribution >= 0.6 is 11.6 Å². The van der Waals surface area contributed by atoms with Crippen LogP contribution in [0.3, 0.4) is 0 Å². The summed E-state index contributed by atoms with van der Waals surface area (Å²) >= 11 is 6.05. The molecule has 2 aromatic rings. The number of hydrogen-bond donors (Lipinski definition) is 1. The molecular weight excluding hydrogens is 471 g/mol. The lowest BCUT2D eigenvalue weighted by molar-refractivity contribution is 0.292. The Kier molecular flexibility index (Phi) is 8.63. The molecule has 2 aliphatic rings. The van der Waals surface area contributed by atoms with Crippen molar-refractivity contribution in [3.8, 4) is 0 Å². The molecule has 0 bridgehead atoms. The predicted octanol–water partition coefficient (Wildman–Crippen LogP) is 8.47. The first-order chi connectivity index (χ1) is 17.4. The maximum atomic E-state index is 13.9. The summed E-state index contributed by atoms with van der Waals surface area (Å²) < 4.78 is 13.9. The van der Waals surface area contributed by atoms with E-state index in [1.807, 2.05) is 6.21 Å². The molecule has 1 fully saturated rings. The summed E-state index contributed by atoms with van der Waals surface area (Å²) in [6, 6.07) is 13.1. The van der Waals surface area contributed by atoms with Gasteiger partial charge in [0.1, 0.15) is 5.82 Å². The molecule has 1 aliphatic carbocycles. The highest BCUT2D eigenvalue weighted by molar-refractivity contribution is 6.30. The minimum absolute atomic E-state index is 0.299. The van der Waals surface area contributed by atoms with Crippen molar-refractivity contribution in [3.05, 3.63) is 82.4 Å². The third-order valence-electron chi connectivity index (χ3n) is 7.26. The zero-order valence-corrected chi connectivity index (χ0v) is 22.3. The first-order valence-corrected chi connectivity index (χ1v) is 13.4. The molecule has 1 aliphatic heterocycles. The van der Waals surface area contributed by atoms with E-state index in [4.69, 9.17) is 11.6 Å². The van der Waals surface area contributed by atoms with E-state index < -0.39 is 5.82 Å². The van der Waals surface area contributed by atoms with Gasteiger partial charge in [-0.1, -0.05) is 82.5 Å². The van der Waals surface area contributed by atoms with Gasteiger partial charge in [0.15, 0.2) is 0 Å². The molecule has 6 heteroatoms. The standard InChI is InChI=1S/C30H36ClFN4/c1-5-20(3)29(24-14-12-22(6-2)13-15-24)28-19-33-30(34-27-17-25(31)16-26(32)18-27)35-36(28)21(4)23-10-8-7-9-11-23/h12-20,23H,4-11H2,1-3H3,(H,34,35)/b29-28+. The van der Waals surface area contributed by atoms with Crippen LogP contribution in [0.5, 0.6) is 0 Å². The molecule has 0 aromatic heterocycles. The molecule has 0 spiro atoms. The van der Waals surface area contributed by atoms with Crippen molar-refractivity contribution in [2.75, 3.05) is 0 Å². The average molecular weight is 507 g/mol. The highest BCUT2D eigenvalue weighted by Gasteiger charge is 2.29. The van der Waals surface area contributed by atoms with Gasteiger partial charge in [-0.05, 0) is 66.5 Å². The van der Waals surface area contributed by atoms with Crippen molar-refractivity contribution in [3.63, 3.8) is 0 Å². The van der Waals surface area contributed by atoms with E-state index in [1.165, 1.54) is 48.1 Å². The number of halogens is 2. The van der Waals surface area contributed by atoms with Crippen LogP contribution in [-0.2, 0) is 6.42 Å². The largest absolute Gasteiger partial charge is 0.261 e. The summed E-state index contributed by atoms with van der Waals surface area (Å²) in [5.74, 6) is 0.642. The van der Waals surface area contributed by atoms with Crippen LogP contribution in [0.1, 0.15) is 70.4 Å². The highest BCUT2D eigenvalue weighted by atomic mass is 35.5. The Morgan fingerprint density at radius 3 is 2.53 bits per heavy atom. The van der Waals surface area contributed by atoms with Crippen molar-refractivity contribution in [2.24, 2.45) is 21.8 Å². The zero-order valence-electron chi connectivity index (χ0n) is 21.5. The van der Waals surface area contributed by atoms with E-state index in [0.717, 1.165) is 37.1 Å². The summed E-state index contributed by atoms with van der Waals surface area (Å²) in [7, 11) is 0. The molecule has 36 heavy (non-hydrogen) atoms. The summed E-state index contributed by atoms with van der Waals surface area (Å²) in [5.41, 5.74) is 9.54. The topological polar surface area (TPSA) is 40.0 Å². The van der Waals surface area contributed by atoms with Crippen LogP contribution in [-0.4, -0.2) is 17.2 Å². The predicted molar refractivity (Wildman–Crippen MR) is 150 cm³/mol. The second kappa shape index (κ2) is 11.9. The Hall–Kier alpha value is -2.92. The number of aliphatic imine (C=N–C) groups is 2. The second-order valence-electron chi connectivity index (χ2n) is 9.75. The normalized spacial score (nSPS) is 19.8. The van der Waals surface area contributed by atoms with Gasteiger partial charge < -0.3 is 0 Å². The smallest absolute Gasteiger partial charge is 0.242 e. The summed E-state index contributed by atoms with van der Waals surface area (Å²) in [4.78, 5) is 9.20. The quantitative estimate of drug-likeness (QED) is 0.409. The van der Waals surface area contributed by atoms with Gasteiger partial charge in [-0.3, -0.25) is 10.4 Å². The molecule has 1 heterocycles. The minimum atomic E-state index is -0.430. The average Bonchev–Trinajstić information content (AvgIpc) is 2.89. The van der Waals surface area contributed by atoms with Gasteiger partial charge in [0.2, 0.25) is 5.96 Å². The van der Waals surface area contributed by atoms with Crippen LogP contribution in [0, 0.1) is 17.7 Å². The molecule has 4 nitrogen and oxygen atoms in total. The van der Waals surface area contributed by atoms with Crippen molar-refractivity contribution >= 4 is 35.0 Å². The van der Waals surface area contributed by atoms with Gasteiger partial charge in [-0.25, -0.2) is 14.4 Å². The van der Waals surface area contributed by atoms with Gasteiger partial charge >= 0.3 is 0 Å². The molecule has 1 atom stereocenters. The zero-order chi connectivity index (χ0) is 25.7. The van der Waals surface area contributed by atoms with Crippen LogP contribution in [0.15, 0.2) is 70.4 Å². The van der Waals surface area contributed by atoms with Gasteiger partial charge in [0.05, 0.1) is 17.6 Å². The molecule has 2 aromatic carbocycles. The molecule has 0 amide bonds. The fourth-order valence-corrected chi connectivity index (χ4v) is 5.21. The molecular formula is C30H36ClFN4. The Morgan fingerprint density at radius 1 is 1.17 bits per heavy atom. The van der Waals surface area contributed by atoms with Gasteiger partial charge in [-0.15, -0.1) is 0 Å². The minimum Gasteiger partial charge on any atom is -0.261 e. The Labute approximate surface area is 219 Å². The first-order valence-electron chi connectivity index (χ1n) is 13.1. The lowest BCUT2D eigenvalue weighted by atomic mass is 9.86. The van der Waals surface area contributed by atoms with Gasteiger partial charge in [-0.2, -0.15) is 0 Å². The number of rotatable bonds is 7. The highest BCUT2D eigenvalue weighted by Crippen LogP contribution is 2.36. The lowest BCUT2D eigenvalue weighted by Crippen LogP contribution is -2.46. The molecule has 1 N–H and O–H groups in total. The van der Waals surface area contributed by atoms with Crippen LogP contribution in [0.4, 0.5) is 10.1 Å². The number of allylic oxidation sites excluding steroid dienone is 3. The Bertz CT molecular complexity index is 1160. The van der Waals surface area contributed by atoms with Crippen molar-refractivity contribution in [1.82, 2.24) is 10.4 Å². The maximum Gasteiger partial charge on any atom is 0.242 e. The summed E-state index contributed by atoms with van der Waals surface area (Å²) in [6.45, 7) is 11.2. The van der Waals surface area contributed by atoms with Crippen molar-refractivity contribution in [2.45, 2.75) is 65.7 Å². The van der Waals surface area contributed by atoms with Gasteiger partial charge in [0, 0.05) is 16.6 Å². The fourth-order valence-electron chi connectivity index (χ4n) is 4.99. The summed E-state index contributed by atoms with van der Waals surface area (Å²) in [6.07, 6.45) is 9.82. The number of nitrogens with one attached hydrogen (secondary N) is 1. The maximum absolute atomic E-state index is 13.9. The molecule has 4 rings (SSSR count). The van der Waals surface area contributed by atoms with E-state index in [0.29, 0.717) is 28.5 Å². The van der Waals surface area contributed by atoms with Crippen molar-refractivity contribution < 1.29 is 4.39 Å². The number of guanidine groups is 1. The fraction of sp³-hybridized carbons (Fsp3) is 0.400. The monoisotopic (exact) mass is 506 g/mol. The van der Waals surface area contributed by atoms with E-state index in [9.17, 15) is 4.39 Å². The Balaban J connectivity index is 1.81. The molecule has 1 saturated carbocycles. The van der Waals surface area contributed by atoms with Crippen LogP contribution in [0.2, 0.25) is 5.02 Å². The number of aryl methyl sites for hydroxylation is 1. The second-order valence-corrected chi connectivity index (χ2v) is 10.2. The molecule has 190 valence electrons. The SMILES string of the molecule is C=C(C1CCCCC1)N1NC(=Nc2cc(F)cc(Cl)c2)N=C/C1=C(\c1ccc(CC)cc1)C(C)CC. The van der Waals surface area contributed by atoms with Gasteiger partial charge in [0.25, 0.3) is 0 Å². The summed E-state index contributed by atoms with van der Waals surface area (Å²) in [5, 5.41) is 2.37. The van der Waals surface area contributed by atoms with E-state index >= 15 is 0 Å². The van der Waals surface area contributed by atoms with Crippen LogP contribution < -0.4 is 5.43 Å². The lowest BCUT2D eigenvalue weighted by Gasteiger charge is -2.38. The molecule has 1 unspecified atom stereocenters. The molecule has 0 radical (unpaired) electrons. The van der Waals surface area contributed by atoms with E-state index in [1.54, 1.807) is 6.07 Å². The number of hydrazine groups is 1. The van der Waals surface area contributed by atoms with E-state index in [-0.39, 0.29) is 0 Å². The van der Waals surface area contributed by atoms with Crippen molar-refractivity contribution in [1.29, 1.82) is 0 Å². The Morgan fingerprint density at radius 2 is 1.89 bits per heavy atom. The first kappa shape index (κ1) is 26.2. The van der Waals surface area contributed by atoms with E-state index in [2.05, 4.69) is 72.0 Å². The molecule has 0 saturated heterocycles. The number of benzene rings is 2. The third-order valence-corrected chi connectivity index (χ3v) is 7.48. The number of nitrogens with zero attached hydrogens (tertiary/aromatic N) is 3. The number of hydrogen-bond acceptors (Lipinski definition) is 2. The van der Waals surface area contributed by atoms with Crippen LogP contribution in [0.25, 0.3) is 5.57 Å².